The first kappa shape index (κ1) is 13.7. The minimum absolute atomic E-state index is 0.0208. The molecule has 0 saturated carbocycles. The Kier molecular flexibility index (Phi) is 4.85. The van der Waals surface area contributed by atoms with E-state index >= 15 is 0 Å². The Morgan fingerprint density at radius 2 is 2.06 bits per heavy atom. The van der Waals surface area contributed by atoms with Gasteiger partial charge in [0.25, 0.3) is 11.5 Å². The summed E-state index contributed by atoms with van der Waals surface area (Å²) in [5.74, 6) is -1.07. The van der Waals surface area contributed by atoms with Crippen molar-refractivity contribution < 1.29 is 14.3 Å². The molecule has 1 amide bonds. The number of carbonyl (C=O) groups is 2. The third-order valence-electron chi connectivity index (χ3n) is 1.92. The van der Waals surface area contributed by atoms with Gasteiger partial charge < -0.3 is 15.0 Å². The molecule has 1 rings (SSSR count). The van der Waals surface area contributed by atoms with Crippen LogP contribution in [0.25, 0.3) is 0 Å². The molecule has 0 aliphatic heterocycles. The zero-order valence-corrected chi connectivity index (χ0v) is 9.74. The second-order valence-electron chi connectivity index (χ2n) is 3.31. The van der Waals surface area contributed by atoms with Gasteiger partial charge in [0.05, 0.1) is 13.0 Å². The Morgan fingerprint density at radius 1 is 1.33 bits per heavy atom. The lowest BCUT2D eigenvalue weighted by atomic mass is 10.3. The van der Waals surface area contributed by atoms with Crippen molar-refractivity contribution in [3.05, 3.63) is 32.6 Å². The summed E-state index contributed by atoms with van der Waals surface area (Å²) in [6.45, 7) is 2.01. The lowest BCUT2D eigenvalue weighted by Crippen LogP contribution is -2.32. The van der Waals surface area contributed by atoms with Crippen LogP contribution in [-0.4, -0.2) is 35.0 Å². The second kappa shape index (κ2) is 6.38. The van der Waals surface area contributed by atoms with Gasteiger partial charge in [-0.1, -0.05) is 0 Å². The smallest absolute Gasteiger partial charge is 0.326 e. The SMILES string of the molecule is CCOC(=O)CCNC(=O)c1cc(=O)[nH]c(=O)[nH]1. The molecule has 0 spiro atoms. The van der Waals surface area contributed by atoms with Crippen molar-refractivity contribution in [1.29, 1.82) is 0 Å². The highest BCUT2D eigenvalue weighted by Gasteiger charge is 2.08. The van der Waals surface area contributed by atoms with Crippen LogP contribution < -0.4 is 16.6 Å². The average molecular weight is 255 g/mol. The van der Waals surface area contributed by atoms with Gasteiger partial charge in [-0.25, -0.2) is 4.79 Å². The summed E-state index contributed by atoms with van der Waals surface area (Å²) in [6, 6.07) is 0.959. The summed E-state index contributed by atoms with van der Waals surface area (Å²) >= 11 is 0. The monoisotopic (exact) mass is 255 g/mol. The number of aromatic nitrogens is 2. The van der Waals surface area contributed by atoms with Crippen LogP contribution in [0.1, 0.15) is 23.8 Å². The van der Waals surface area contributed by atoms with E-state index in [4.69, 9.17) is 0 Å². The van der Waals surface area contributed by atoms with Crippen LogP contribution in [0, 0.1) is 0 Å². The molecule has 3 N–H and O–H groups in total. The molecule has 0 aliphatic rings. The molecule has 0 radical (unpaired) electrons. The lowest BCUT2D eigenvalue weighted by molar-refractivity contribution is -0.142. The Bertz CT molecular complexity index is 517. The second-order valence-corrected chi connectivity index (χ2v) is 3.31. The molecular formula is C10H13N3O5. The third kappa shape index (κ3) is 4.24. The van der Waals surface area contributed by atoms with Crippen molar-refractivity contribution in [1.82, 2.24) is 15.3 Å². The maximum Gasteiger partial charge on any atom is 0.326 e. The van der Waals surface area contributed by atoms with Crippen LogP contribution in [0.4, 0.5) is 0 Å². The molecule has 8 nitrogen and oxygen atoms in total. The van der Waals surface area contributed by atoms with E-state index in [0.29, 0.717) is 0 Å². The van der Waals surface area contributed by atoms with Crippen LogP contribution >= 0.6 is 0 Å². The number of rotatable bonds is 5. The number of amides is 1. The van der Waals surface area contributed by atoms with Gasteiger partial charge in [-0.15, -0.1) is 0 Å². The zero-order chi connectivity index (χ0) is 13.5. The fourth-order valence-corrected chi connectivity index (χ4v) is 1.20. The van der Waals surface area contributed by atoms with Gasteiger partial charge in [-0.2, -0.15) is 0 Å². The molecule has 0 saturated heterocycles. The van der Waals surface area contributed by atoms with E-state index in [2.05, 4.69) is 15.0 Å². The number of H-pyrrole nitrogens is 2. The van der Waals surface area contributed by atoms with Crippen molar-refractivity contribution in [3.8, 4) is 0 Å². The highest BCUT2D eigenvalue weighted by atomic mass is 16.5. The van der Waals surface area contributed by atoms with Gasteiger partial charge in [-0.05, 0) is 6.92 Å². The summed E-state index contributed by atoms with van der Waals surface area (Å²) in [4.78, 5) is 48.5. The number of aromatic amines is 2. The van der Waals surface area contributed by atoms with Crippen molar-refractivity contribution in [2.45, 2.75) is 13.3 Å². The first-order valence-corrected chi connectivity index (χ1v) is 5.30. The molecule has 8 heteroatoms. The van der Waals surface area contributed by atoms with Crippen LogP contribution in [-0.2, 0) is 9.53 Å². The number of hydrogen-bond donors (Lipinski definition) is 3. The quantitative estimate of drug-likeness (QED) is 0.567. The first-order valence-electron chi connectivity index (χ1n) is 5.30. The summed E-state index contributed by atoms with van der Waals surface area (Å²) in [5, 5.41) is 2.38. The van der Waals surface area contributed by atoms with E-state index in [-0.39, 0.29) is 25.3 Å². The van der Waals surface area contributed by atoms with Crippen molar-refractivity contribution >= 4 is 11.9 Å². The fraction of sp³-hybridized carbons (Fsp3) is 0.400. The van der Waals surface area contributed by atoms with E-state index < -0.39 is 23.1 Å². The van der Waals surface area contributed by atoms with Gasteiger partial charge in [0, 0.05) is 12.6 Å². The molecule has 0 atom stereocenters. The topological polar surface area (TPSA) is 121 Å². The van der Waals surface area contributed by atoms with E-state index in [1.54, 1.807) is 6.92 Å². The lowest BCUT2D eigenvalue weighted by Gasteiger charge is -2.04. The molecule has 0 unspecified atom stereocenters. The number of esters is 1. The van der Waals surface area contributed by atoms with Crippen LogP contribution in [0.15, 0.2) is 15.7 Å². The number of nitrogens with one attached hydrogen (secondary N) is 3. The zero-order valence-electron chi connectivity index (χ0n) is 9.74. The number of ether oxygens (including phenoxy) is 1. The largest absolute Gasteiger partial charge is 0.466 e. The van der Waals surface area contributed by atoms with Crippen molar-refractivity contribution in [3.63, 3.8) is 0 Å². The molecule has 18 heavy (non-hydrogen) atoms. The normalized spacial score (nSPS) is 9.83. The maximum atomic E-state index is 11.5. The highest BCUT2D eigenvalue weighted by molar-refractivity contribution is 5.92. The van der Waals surface area contributed by atoms with Crippen molar-refractivity contribution in [2.24, 2.45) is 0 Å². The molecule has 1 aromatic rings. The summed E-state index contributed by atoms with van der Waals surface area (Å²) in [5.41, 5.74) is -1.60. The van der Waals surface area contributed by atoms with Crippen LogP contribution in [0.5, 0.6) is 0 Å². The first-order chi connectivity index (χ1) is 8.52. The van der Waals surface area contributed by atoms with E-state index in [1.165, 1.54) is 0 Å². The van der Waals surface area contributed by atoms with Gasteiger partial charge in [0.1, 0.15) is 5.69 Å². The van der Waals surface area contributed by atoms with Gasteiger partial charge >= 0.3 is 11.7 Å². The number of hydrogen-bond acceptors (Lipinski definition) is 5. The molecule has 0 aromatic carbocycles. The summed E-state index contributed by atoms with van der Waals surface area (Å²) in [6.07, 6.45) is 0.0208. The molecule has 0 fully saturated rings. The molecule has 0 bridgehead atoms. The molecule has 98 valence electrons. The third-order valence-corrected chi connectivity index (χ3v) is 1.92. The Balaban J connectivity index is 2.53. The van der Waals surface area contributed by atoms with Crippen LogP contribution in [0.3, 0.4) is 0 Å². The average Bonchev–Trinajstić information content (AvgIpc) is 2.27. The fourth-order valence-electron chi connectivity index (χ4n) is 1.20. The summed E-state index contributed by atoms with van der Waals surface area (Å²) < 4.78 is 4.66. The van der Waals surface area contributed by atoms with Crippen LogP contribution in [0.2, 0.25) is 0 Å². The molecular weight excluding hydrogens is 242 g/mol. The van der Waals surface area contributed by atoms with E-state index in [9.17, 15) is 19.2 Å². The number of carbonyl (C=O) groups excluding carboxylic acids is 2. The summed E-state index contributed by atoms with van der Waals surface area (Å²) in [7, 11) is 0. The minimum Gasteiger partial charge on any atom is -0.466 e. The van der Waals surface area contributed by atoms with Gasteiger partial charge in [0.2, 0.25) is 0 Å². The molecule has 1 heterocycles. The Morgan fingerprint density at radius 3 is 2.67 bits per heavy atom. The predicted octanol–water partition coefficient (Wildman–Crippen LogP) is -1.25. The van der Waals surface area contributed by atoms with Crippen molar-refractivity contribution in [2.75, 3.05) is 13.2 Å². The van der Waals surface area contributed by atoms with E-state index in [0.717, 1.165) is 6.07 Å². The Labute approximate surface area is 101 Å². The van der Waals surface area contributed by atoms with Gasteiger partial charge in [0.15, 0.2) is 0 Å². The van der Waals surface area contributed by atoms with E-state index in [1.807, 2.05) is 4.98 Å². The Hall–Kier alpha value is -2.38. The predicted molar refractivity (Wildman–Crippen MR) is 61.3 cm³/mol. The minimum atomic E-state index is -0.766. The standard InChI is InChI=1S/C10H13N3O5/c1-2-18-8(15)3-4-11-9(16)6-5-7(14)13-10(17)12-6/h5H,2-4H2,1H3,(H,11,16)(H2,12,13,14,17). The van der Waals surface area contributed by atoms with Gasteiger partial charge in [-0.3, -0.25) is 19.4 Å². The highest BCUT2D eigenvalue weighted by Crippen LogP contribution is 1.88. The molecule has 1 aromatic heterocycles. The molecule has 0 aliphatic carbocycles. The maximum absolute atomic E-state index is 11.5.